The number of carbonyl (C=O) groups is 1. The Labute approximate surface area is 115 Å². The molecule has 1 unspecified atom stereocenters. The van der Waals surface area contributed by atoms with Crippen molar-refractivity contribution in [1.82, 2.24) is 0 Å². The quantitative estimate of drug-likeness (QED) is 0.848. The lowest BCUT2D eigenvalue weighted by Gasteiger charge is -2.17. The fraction of sp³-hybridized carbons (Fsp3) is 0.467. The van der Waals surface area contributed by atoms with Gasteiger partial charge in [-0.05, 0) is 31.9 Å². The number of carbonyl (C=O) groups excluding carboxylic acids is 1. The number of aryl methyl sites for hydroxylation is 3. The first-order chi connectivity index (χ1) is 8.85. The van der Waals surface area contributed by atoms with Gasteiger partial charge in [0.25, 0.3) is 5.91 Å². The average molecular weight is 260 g/mol. The summed E-state index contributed by atoms with van der Waals surface area (Å²) < 4.78 is 0. The summed E-state index contributed by atoms with van der Waals surface area (Å²) in [4.78, 5) is 12.9. The summed E-state index contributed by atoms with van der Waals surface area (Å²) in [6, 6.07) is 6.06. The van der Waals surface area contributed by atoms with Gasteiger partial charge in [-0.25, -0.2) is 0 Å². The van der Waals surface area contributed by atoms with E-state index in [4.69, 9.17) is 5.26 Å². The second kappa shape index (κ2) is 6.35. The van der Waals surface area contributed by atoms with Crippen molar-refractivity contribution in [3.63, 3.8) is 0 Å². The maximum atomic E-state index is 12.0. The number of anilines is 1. The molecule has 2 atom stereocenters. The highest BCUT2D eigenvalue weighted by molar-refractivity contribution is 5.93. The van der Waals surface area contributed by atoms with E-state index in [0.717, 1.165) is 21.7 Å². The number of benzene rings is 1. The molecule has 4 nitrogen and oxygen atoms in total. The van der Waals surface area contributed by atoms with Crippen LogP contribution in [-0.2, 0) is 4.79 Å². The number of likely N-dealkylation sites (N-methyl/N-ethyl adjacent to an activating group) is 1. The number of nitriles is 1. The van der Waals surface area contributed by atoms with Crippen LogP contribution in [0.5, 0.6) is 0 Å². The fourth-order valence-corrected chi connectivity index (χ4v) is 2.08. The molecule has 0 spiro atoms. The SMILES string of the molecule is Cc1cc(C)c(NC(=O)C[NH+](C)[C@@H](C)C#N)c(C)c1. The molecule has 4 heteroatoms. The zero-order chi connectivity index (χ0) is 14.6. The Morgan fingerprint density at radius 1 is 1.37 bits per heavy atom. The van der Waals surface area contributed by atoms with Crippen molar-refractivity contribution in [1.29, 1.82) is 5.26 Å². The van der Waals surface area contributed by atoms with Gasteiger partial charge in [0.05, 0.1) is 7.05 Å². The van der Waals surface area contributed by atoms with Crippen LogP contribution in [0.2, 0.25) is 0 Å². The molecule has 0 heterocycles. The Balaban J connectivity index is 2.76. The molecule has 0 aliphatic carbocycles. The van der Waals surface area contributed by atoms with E-state index in [1.165, 1.54) is 5.56 Å². The van der Waals surface area contributed by atoms with Crippen molar-refractivity contribution in [2.45, 2.75) is 33.7 Å². The van der Waals surface area contributed by atoms with E-state index in [1.54, 1.807) is 0 Å². The maximum absolute atomic E-state index is 12.0. The highest BCUT2D eigenvalue weighted by Gasteiger charge is 2.17. The van der Waals surface area contributed by atoms with Crippen LogP contribution >= 0.6 is 0 Å². The number of amides is 1. The lowest BCUT2D eigenvalue weighted by molar-refractivity contribution is -0.886. The molecule has 19 heavy (non-hydrogen) atoms. The predicted molar refractivity (Wildman–Crippen MR) is 76.1 cm³/mol. The molecule has 0 radical (unpaired) electrons. The van der Waals surface area contributed by atoms with Crippen molar-refractivity contribution in [2.75, 3.05) is 18.9 Å². The van der Waals surface area contributed by atoms with E-state index in [-0.39, 0.29) is 11.9 Å². The number of nitrogens with one attached hydrogen (secondary N) is 2. The largest absolute Gasteiger partial charge is 0.321 e. The minimum atomic E-state index is -0.189. The molecule has 1 aromatic carbocycles. The van der Waals surface area contributed by atoms with Crippen LogP contribution in [0.4, 0.5) is 5.69 Å². The third-order valence-corrected chi connectivity index (χ3v) is 3.31. The highest BCUT2D eigenvalue weighted by Crippen LogP contribution is 2.21. The van der Waals surface area contributed by atoms with E-state index in [1.807, 2.05) is 34.7 Å². The third-order valence-electron chi connectivity index (χ3n) is 3.31. The number of rotatable bonds is 4. The minimum absolute atomic E-state index is 0.0605. The van der Waals surface area contributed by atoms with Gasteiger partial charge in [-0.15, -0.1) is 0 Å². The van der Waals surface area contributed by atoms with Crippen molar-refractivity contribution >= 4 is 11.6 Å². The van der Waals surface area contributed by atoms with E-state index in [2.05, 4.69) is 23.5 Å². The topological polar surface area (TPSA) is 57.3 Å². The summed E-state index contributed by atoms with van der Waals surface area (Å²) >= 11 is 0. The van der Waals surface area contributed by atoms with Crippen LogP contribution in [0, 0.1) is 32.1 Å². The monoisotopic (exact) mass is 260 g/mol. The molecule has 0 saturated heterocycles. The van der Waals surface area contributed by atoms with Crippen LogP contribution in [0.25, 0.3) is 0 Å². The zero-order valence-corrected chi connectivity index (χ0v) is 12.3. The van der Waals surface area contributed by atoms with Gasteiger partial charge < -0.3 is 10.2 Å². The van der Waals surface area contributed by atoms with Crippen LogP contribution in [-0.4, -0.2) is 25.5 Å². The summed E-state index contributed by atoms with van der Waals surface area (Å²) in [5.74, 6) is -0.0605. The number of hydrogen-bond donors (Lipinski definition) is 2. The molecule has 0 aliphatic heterocycles. The maximum Gasteiger partial charge on any atom is 0.279 e. The van der Waals surface area contributed by atoms with E-state index >= 15 is 0 Å². The summed E-state index contributed by atoms with van der Waals surface area (Å²) in [6.45, 7) is 8.12. The molecule has 2 N–H and O–H groups in total. The first-order valence-electron chi connectivity index (χ1n) is 6.44. The molecule has 1 rings (SSSR count). The molecule has 0 fully saturated rings. The Morgan fingerprint density at radius 3 is 2.37 bits per heavy atom. The summed E-state index contributed by atoms with van der Waals surface area (Å²) in [5.41, 5.74) is 4.20. The van der Waals surface area contributed by atoms with E-state index in [0.29, 0.717) is 6.54 Å². The van der Waals surface area contributed by atoms with Crippen LogP contribution in [0.15, 0.2) is 12.1 Å². The van der Waals surface area contributed by atoms with Gasteiger partial charge in [0.1, 0.15) is 6.07 Å². The van der Waals surface area contributed by atoms with E-state index < -0.39 is 0 Å². The molecule has 1 aromatic rings. The van der Waals surface area contributed by atoms with Crippen LogP contribution in [0.3, 0.4) is 0 Å². The summed E-state index contributed by atoms with van der Waals surface area (Å²) in [7, 11) is 1.85. The molecule has 1 amide bonds. The Hall–Kier alpha value is -1.86. The van der Waals surface area contributed by atoms with Gasteiger partial charge >= 0.3 is 0 Å². The van der Waals surface area contributed by atoms with Crippen LogP contribution in [0.1, 0.15) is 23.6 Å². The summed E-state index contributed by atoms with van der Waals surface area (Å²) in [5, 5.41) is 11.8. The first-order valence-corrected chi connectivity index (χ1v) is 6.44. The second-order valence-electron chi connectivity index (χ2n) is 5.20. The zero-order valence-electron chi connectivity index (χ0n) is 12.3. The van der Waals surface area contributed by atoms with Gasteiger partial charge in [0, 0.05) is 12.6 Å². The average Bonchev–Trinajstić information content (AvgIpc) is 2.32. The fourth-order valence-electron chi connectivity index (χ4n) is 2.08. The smallest absolute Gasteiger partial charge is 0.279 e. The van der Waals surface area contributed by atoms with Gasteiger partial charge in [-0.2, -0.15) is 5.26 Å². The number of quaternary nitrogens is 1. The molecule has 0 bridgehead atoms. The Kier molecular flexibility index (Phi) is 5.08. The molecule has 0 aliphatic rings. The lowest BCUT2D eigenvalue weighted by atomic mass is 10.1. The van der Waals surface area contributed by atoms with Crippen LogP contribution < -0.4 is 10.2 Å². The normalized spacial score (nSPS) is 13.5. The van der Waals surface area contributed by atoms with Gasteiger partial charge in [-0.1, -0.05) is 17.7 Å². The molecular formula is C15H22N3O+. The Morgan fingerprint density at radius 2 is 1.89 bits per heavy atom. The molecular weight excluding hydrogens is 238 g/mol. The highest BCUT2D eigenvalue weighted by atomic mass is 16.2. The van der Waals surface area contributed by atoms with E-state index in [9.17, 15) is 4.79 Å². The van der Waals surface area contributed by atoms with Gasteiger partial charge in [0.15, 0.2) is 12.6 Å². The molecule has 102 valence electrons. The van der Waals surface area contributed by atoms with Gasteiger partial charge in [-0.3, -0.25) is 4.79 Å². The third kappa shape index (κ3) is 4.08. The van der Waals surface area contributed by atoms with Gasteiger partial charge in [0.2, 0.25) is 0 Å². The second-order valence-corrected chi connectivity index (χ2v) is 5.20. The van der Waals surface area contributed by atoms with Crippen molar-refractivity contribution in [3.05, 3.63) is 28.8 Å². The summed E-state index contributed by atoms with van der Waals surface area (Å²) in [6.07, 6.45) is 0. The Bertz CT molecular complexity index is 494. The standard InChI is InChI=1S/C15H21N3O/c1-10-6-11(2)15(12(3)7-10)17-14(19)9-18(5)13(4)8-16/h6-7,13H,9H2,1-5H3,(H,17,19)/p+1/t13-/m0/s1. The number of nitrogens with zero attached hydrogens (tertiary/aromatic N) is 1. The molecule has 0 saturated carbocycles. The minimum Gasteiger partial charge on any atom is -0.321 e. The van der Waals surface area contributed by atoms with Crippen molar-refractivity contribution < 1.29 is 9.69 Å². The number of hydrogen-bond acceptors (Lipinski definition) is 2. The predicted octanol–water partition coefficient (Wildman–Crippen LogP) is 0.977. The van der Waals surface area contributed by atoms with Crippen molar-refractivity contribution in [3.8, 4) is 6.07 Å². The van der Waals surface area contributed by atoms with Crippen molar-refractivity contribution in [2.24, 2.45) is 0 Å². The first kappa shape index (κ1) is 15.2. The lowest BCUT2D eigenvalue weighted by Crippen LogP contribution is -3.13. The molecule has 0 aromatic heterocycles.